The van der Waals surface area contributed by atoms with Gasteiger partial charge in [0.25, 0.3) is 0 Å². The molecular formula is C33H55O-. The Bertz CT molecular complexity index is 736. The van der Waals surface area contributed by atoms with E-state index in [1.165, 1.54) is 94.6 Å². The predicted octanol–water partition coefficient (Wildman–Crippen LogP) is 10.6. The van der Waals surface area contributed by atoms with Crippen LogP contribution >= 0.6 is 0 Å². The van der Waals surface area contributed by atoms with Crippen molar-refractivity contribution < 1.29 is 4.74 Å². The molecule has 1 nitrogen and oxygen atoms in total. The third-order valence-corrected chi connectivity index (χ3v) is 8.48. The van der Waals surface area contributed by atoms with Crippen molar-refractivity contribution in [1.29, 1.82) is 0 Å². The molecule has 1 aliphatic heterocycles. The lowest BCUT2D eigenvalue weighted by atomic mass is 9.67. The van der Waals surface area contributed by atoms with Crippen LogP contribution in [0.25, 0.3) is 0 Å². The number of allylic oxidation sites excluding steroid dienone is 6. The molecule has 0 saturated carbocycles. The van der Waals surface area contributed by atoms with Gasteiger partial charge >= 0.3 is 0 Å². The first-order valence-electron chi connectivity index (χ1n) is 14.4. The van der Waals surface area contributed by atoms with E-state index < -0.39 is 0 Å². The molecule has 3 unspecified atom stereocenters. The summed E-state index contributed by atoms with van der Waals surface area (Å²) in [6.07, 6.45) is 29.0. The average molecular weight is 468 g/mol. The van der Waals surface area contributed by atoms with Crippen molar-refractivity contribution in [1.82, 2.24) is 0 Å². The van der Waals surface area contributed by atoms with Gasteiger partial charge in [0.15, 0.2) is 0 Å². The molecule has 1 heterocycles. The second kappa shape index (κ2) is 14.5. The highest BCUT2D eigenvalue weighted by atomic mass is 16.5. The van der Waals surface area contributed by atoms with Crippen molar-refractivity contribution in [2.45, 2.75) is 150 Å². The van der Waals surface area contributed by atoms with Crippen LogP contribution in [-0.4, -0.2) is 11.2 Å². The van der Waals surface area contributed by atoms with Gasteiger partial charge in [-0.1, -0.05) is 87.0 Å². The van der Waals surface area contributed by atoms with Gasteiger partial charge < -0.3 is 11.2 Å². The van der Waals surface area contributed by atoms with Gasteiger partial charge in [-0.25, -0.2) is 0 Å². The van der Waals surface area contributed by atoms with E-state index in [0.29, 0.717) is 5.92 Å². The van der Waals surface area contributed by atoms with E-state index in [2.05, 4.69) is 79.2 Å². The number of ether oxygens (including phenoxy) is 1. The second-order valence-corrected chi connectivity index (χ2v) is 11.6. The van der Waals surface area contributed by atoms with Crippen LogP contribution in [0.2, 0.25) is 0 Å². The number of hydrogen-bond donors (Lipinski definition) is 0. The van der Waals surface area contributed by atoms with Gasteiger partial charge in [0.05, 0.1) is 11.2 Å². The third kappa shape index (κ3) is 8.54. The molecule has 0 N–H and O–H groups in total. The molecule has 0 aromatic heterocycles. The molecule has 1 heteroatoms. The molecule has 2 rings (SSSR count). The number of fused-ring (bicyclic) bond motifs is 1. The van der Waals surface area contributed by atoms with E-state index >= 15 is 0 Å². The van der Waals surface area contributed by atoms with E-state index in [9.17, 15) is 0 Å². The predicted molar refractivity (Wildman–Crippen MR) is 151 cm³/mol. The van der Waals surface area contributed by atoms with Gasteiger partial charge in [-0.3, -0.25) is 0 Å². The highest BCUT2D eigenvalue weighted by Crippen LogP contribution is 2.51. The highest BCUT2D eigenvalue weighted by molar-refractivity contribution is 5.36. The summed E-state index contributed by atoms with van der Waals surface area (Å²) in [6, 6.07) is 0. The summed E-state index contributed by atoms with van der Waals surface area (Å²) in [5.41, 5.74) is 6.07. The minimum absolute atomic E-state index is 0.00385. The fourth-order valence-corrected chi connectivity index (χ4v) is 5.91. The van der Waals surface area contributed by atoms with E-state index in [4.69, 9.17) is 4.74 Å². The largest absolute Gasteiger partial charge is 0.364 e. The van der Waals surface area contributed by atoms with Crippen LogP contribution in [-0.2, 0) is 4.74 Å². The first-order valence-corrected chi connectivity index (χ1v) is 14.4. The molecule has 0 aromatic carbocycles. The number of rotatable bonds is 15. The molecule has 1 fully saturated rings. The molecule has 194 valence electrons. The van der Waals surface area contributed by atoms with Gasteiger partial charge in [0.2, 0.25) is 0 Å². The van der Waals surface area contributed by atoms with Crippen LogP contribution in [0.4, 0.5) is 0 Å². The zero-order valence-electron chi connectivity index (χ0n) is 23.8. The average Bonchev–Trinajstić information content (AvgIpc) is 2.80. The van der Waals surface area contributed by atoms with Crippen molar-refractivity contribution in [3.05, 3.63) is 53.0 Å². The maximum Gasteiger partial charge on any atom is 0.0964 e. The van der Waals surface area contributed by atoms with Gasteiger partial charge in [-0.05, 0) is 84.6 Å². The molecule has 3 atom stereocenters. The summed E-state index contributed by atoms with van der Waals surface area (Å²) in [5, 5.41) is 0. The van der Waals surface area contributed by atoms with E-state index in [1.54, 1.807) is 11.1 Å². The highest BCUT2D eigenvalue weighted by Gasteiger charge is 2.49. The van der Waals surface area contributed by atoms with E-state index in [1.807, 2.05) is 0 Å². The van der Waals surface area contributed by atoms with Crippen molar-refractivity contribution in [3.8, 4) is 0 Å². The first kappa shape index (κ1) is 29.2. The fourth-order valence-electron chi connectivity index (χ4n) is 5.91. The normalized spacial score (nSPS) is 27.9. The maximum atomic E-state index is 7.23. The molecule has 0 amide bonds. The summed E-state index contributed by atoms with van der Waals surface area (Å²) < 4.78 is 7.23. The fraction of sp³-hybridized carbons (Fsp3) is 0.727. The van der Waals surface area contributed by atoms with Gasteiger partial charge in [-0.15, -0.1) is 0 Å². The Balaban J connectivity index is 1.91. The topological polar surface area (TPSA) is 9.23 Å². The second-order valence-electron chi connectivity index (χ2n) is 11.6. The third-order valence-electron chi connectivity index (χ3n) is 8.48. The number of unbranched alkanes of at least 4 members (excludes halogenated alkanes) is 5. The first-order chi connectivity index (χ1) is 16.3. The van der Waals surface area contributed by atoms with Gasteiger partial charge in [0.1, 0.15) is 0 Å². The SMILES string of the molecule is C[CH-]CC/C=C(\C)CC/C=C(\C)CCCC1(C)CCC2=CC=C(C)C(C)C2(CCCCCC)O1. The van der Waals surface area contributed by atoms with E-state index in [0.717, 1.165) is 6.42 Å². The van der Waals surface area contributed by atoms with Crippen LogP contribution in [0.1, 0.15) is 138 Å². The Labute approximate surface area is 213 Å². The summed E-state index contributed by atoms with van der Waals surface area (Å²) in [5.74, 6) is 0.488. The van der Waals surface area contributed by atoms with Gasteiger partial charge in [0, 0.05) is 5.92 Å². The quantitative estimate of drug-likeness (QED) is 0.132. The zero-order chi connectivity index (χ0) is 25.0. The van der Waals surface area contributed by atoms with Crippen LogP contribution in [0, 0.1) is 12.3 Å². The molecule has 34 heavy (non-hydrogen) atoms. The van der Waals surface area contributed by atoms with Crippen molar-refractivity contribution in [2.24, 2.45) is 5.92 Å². The Kier molecular flexibility index (Phi) is 12.4. The van der Waals surface area contributed by atoms with Crippen LogP contribution in [0.3, 0.4) is 0 Å². The molecule has 1 aliphatic carbocycles. The smallest absolute Gasteiger partial charge is 0.0964 e. The van der Waals surface area contributed by atoms with E-state index in [-0.39, 0.29) is 11.2 Å². The van der Waals surface area contributed by atoms with Crippen LogP contribution in [0.5, 0.6) is 0 Å². The molecule has 0 radical (unpaired) electrons. The maximum absolute atomic E-state index is 7.23. The molecule has 1 saturated heterocycles. The van der Waals surface area contributed by atoms with Crippen molar-refractivity contribution >= 4 is 0 Å². The zero-order valence-corrected chi connectivity index (χ0v) is 23.8. The Hall–Kier alpha value is -1.08. The van der Waals surface area contributed by atoms with Crippen molar-refractivity contribution in [3.63, 3.8) is 0 Å². The summed E-state index contributed by atoms with van der Waals surface area (Å²) in [6.45, 7) is 16.2. The lowest BCUT2D eigenvalue weighted by Crippen LogP contribution is -2.53. The number of hydrogen-bond acceptors (Lipinski definition) is 1. The summed E-state index contributed by atoms with van der Waals surface area (Å²) in [4.78, 5) is 0. The summed E-state index contributed by atoms with van der Waals surface area (Å²) in [7, 11) is 0. The lowest BCUT2D eigenvalue weighted by Gasteiger charge is -2.53. The minimum atomic E-state index is -0.0656. The lowest BCUT2D eigenvalue weighted by molar-refractivity contribution is -0.178. The monoisotopic (exact) mass is 467 g/mol. The Morgan fingerprint density at radius 2 is 1.76 bits per heavy atom. The molecular weight excluding hydrogens is 412 g/mol. The van der Waals surface area contributed by atoms with Crippen LogP contribution < -0.4 is 0 Å². The van der Waals surface area contributed by atoms with Crippen molar-refractivity contribution in [2.75, 3.05) is 0 Å². The molecule has 2 aliphatic rings. The molecule has 0 spiro atoms. The Morgan fingerprint density at radius 3 is 2.50 bits per heavy atom. The minimum Gasteiger partial charge on any atom is -0.364 e. The van der Waals surface area contributed by atoms with Gasteiger partial charge in [-0.2, -0.15) is 13.3 Å². The standard InChI is InChI=1S/C33H55O/c1-8-10-12-14-25-33-30(6)29(5)21-22-31(33)23-26-32(7,34-33)24-16-20-28(4)19-15-18-27(3)17-13-11-9-2/h9,17,19,21-22,30H,8,10-16,18,20,23-26H2,1-7H3/q-1/b27-17+,28-19+. The molecule has 0 bridgehead atoms. The van der Waals surface area contributed by atoms with Crippen LogP contribution in [0.15, 0.2) is 46.6 Å². The Morgan fingerprint density at radius 1 is 1.03 bits per heavy atom. The molecule has 0 aromatic rings. The summed E-state index contributed by atoms with van der Waals surface area (Å²) >= 11 is 0.